The number of pyridine rings is 2. The van der Waals surface area contributed by atoms with E-state index in [0.29, 0.717) is 10.8 Å². The van der Waals surface area contributed by atoms with Crippen molar-refractivity contribution in [2.24, 2.45) is 0 Å². The van der Waals surface area contributed by atoms with Crippen molar-refractivity contribution in [2.45, 2.75) is 6.92 Å². The van der Waals surface area contributed by atoms with Gasteiger partial charge >= 0.3 is 6.09 Å². The van der Waals surface area contributed by atoms with Gasteiger partial charge in [0.1, 0.15) is 11.0 Å². The molecule has 0 aromatic carbocycles. The Kier molecular flexibility index (Phi) is 4.88. The van der Waals surface area contributed by atoms with Crippen LogP contribution in [-0.4, -0.2) is 21.0 Å². The Morgan fingerprint density at radius 2 is 2.12 bits per heavy atom. The molecule has 0 radical (unpaired) electrons. The summed E-state index contributed by atoms with van der Waals surface area (Å²) in [5, 5.41) is 7.26. The molecule has 3 aromatic heterocycles. The van der Waals surface area contributed by atoms with E-state index in [4.69, 9.17) is 16.3 Å². The highest BCUT2D eigenvalue weighted by Gasteiger charge is 2.15. The fraction of sp³-hybridized carbons (Fsp3) is 0.0667. The molecule has 122 valence electrons. The molecular formula is C15H12ClN5O2S. The van der Waals surface area contributed by atoms with Crippen LogP contribution in [0.1, 0.15) is 5.01 Å². The SMILES string of the molecule is Cc1nc(OC(=O)Nc2cccc(Cl)n2)c(Nc2cccnc2)s1. The van der Waals surface area contributed by atoms with Crippen LogP contribution in [-0.2, 0) is 0 Å². The maximum Gasteiger partial charge on any atom is 0.419 e. The molecule has 0 unspecified atom stereocenters. The molecule has 1 amide bonds. The Morgan fingerprint density at radius 1 is 1.25 bits per heavy atom. The van der Waals surface area contributed by atoms with E-state index >= 15 is 0 Å². The van der Waals surface area contributed by atoms with Gasteiger partial charge < -0.3 is 10.1 Å². The minimum Gasteiger partial charge on any atom is -0.388 e. The molecule has 0 saturated carbocycles. The molecule has 0 aliphatic heterocycles. The number of amides is 1. The van der Waals surface area contributed by atoms with Gasteiger partial charge in [-0.1, -0.05) is 29.0 Å². The fourth-order valence-corrected chi connectivity index (χ4v) is 2.75. The monoisotopic (exact) mass is 361 g/mol. The highest BCUT2D eigenvalue weighted by Crippen LogP contribution is 2.33. The third-order valence-corrected chi connectivity index (χ3v) is 3.84. The third-order valence-electron chi connectivity index (χ3n) is 2.76. The Balaban J connectivity index is 1.71. The lowest BCUT2D eigenvalue weighted by molar-refractivity contribution is 0.213. The molecule has 9 heteroatoms. The number of anilines is 3. The molecule has 3 rings (SSSR count). The maximum absolute atomic E-state index is 12.0. The number of carbonyl (C=O) groups excluding carboxylic acids is 1. The van der Waals surface area contributed by atoms with Crippen molar-refractivity contribution in [1.82, 2.24) is 15.0 Å². The second kappa shape index (κ2) is 7.24. The number of hydrogen-bond donors (Lipinski definition) is 2. The average molecular weight is 362 g/mol. The lowest BCUT2D eigenvalue weighted by Gasteiger charge is -2.07. The normalized spacial score (nSPS) is 10.2. The second-order valence-electron chi connectivity index (χ2n) is 4.59. The zero-order valence-electron chi connectivity index (χ0n) is 12.5. The molecule has 2 N–H and O–H groups in total. The van der Waals surface area contributed by atoms with E-state index in [-0.39, 0.29) is 11.0 Å². The van der Waals surface area contributed by atoms with E-state index in [2.05, 4.69) is 25.6 Å². The van der Waals surface area contributed by atoms with Gasteiger partial charge in [0.25, 0.3) is 5.88 Å². The van der Waals surface area contributed by atoms with Crippen LogP contribution in [0.25, 0.3) is 0 Å². The van der Waals surface area contributed by atoms with Gasteiger partial charge in [-0.2, -0.15) is 0 Å². The maximum atomic E-state index is 12.0. The molecular weight excluding hydrogens is 350 g/mol. The number of nitrogens with one attached hydrogen (secondary N) is 2. The molecule has 3 heterocycles. The van der Waals surface area contributed by atoms with Gasteiger partial charge in [0, 0.05) is 6.20 Å². The van der Waals surface area contributed by atoms with Crippen LogP contribution in [0.4, 0.5) is 21.3 Å². The first-order valence-electron chi connectivity index (χ1n) is 6.86. The van der Waals surface area contributed by atoms with Crippen molar-refractivity contribution in [3.63, 3.8) is 0 Å². The van der Waals surface area contributed by atoms with Gasteiger partial charge in [-0.15, -0.1) is 0 Å². The van der Waals surface area contributed by atoms with Crippen LogP contribution in [0.2, 0.25) is 5.15 Å². The van der Waals surface area contributed by atoms with Gasteiger partial charge in [0.15, 0.2) is 5.00 Å². The smallest absolute Gasteiger partial charge is 0.388 e. The summed E-state index contributed by atoms with van der Waals surface area (Å²) in [4.78, 5) is 24.2. The van der Waals surface area contributed by atoms with Crippen LogP contribution in [0, 0.1) is 6.92 Å². The molecule has 0 aliphatic carbocycles. The number of thiazole rings is 1. The standard InChI is InChI=1S/C15H12ClN5O2S/c1-9-18-13(14(24-9)19-10-4-3-7-17-8-10)23-15(22)21-12-6-2-5-11(16)20-12/h2-8,19H,1H3,(H,20,21,22). The second-order valence-corrected chi connectivity index (χ2v) is 6.18. The van der Waals surface area contributed by atoms with Gasteiger partial charge in [-0.05, 0) is 31.2 Å². The van der Waals surface area contributed by atoms with Crippen LogP contribution in [0.3, 0.4) is 0 Å². The van der Waals surface area contributed by atoms with Crippen molar-refractivity contribution in [1.29, 1.82) is 0 Å². The van der Waals surface area contributed by atoms with Crippen molar-refractivity contribution in [3.8, 4) is 5.88 Å². The van der Waals surface area contributed by atoms with Crippen LogP contribution in [0.15, 0.2) is 42.7 Å². The molecule has 0 bridgehead atoms. The van der Waals surface area contributed by atoms with Crippen LogP contribution >= 0.6 is 22.9 Å². The number of ether oxygens (including phenoxy) is 1. The van der Waals surface area contributed by atoms with E-state index in [9.17, 15) is 4.79 Å². The van der Waals surface area contributed by atoms with Crippen molar-refractivity contribution in [2.75, 3.05) is 10.6 Å². The van der Waals surface area contributed by atoms with Gasteiger partial charge in [-0.25, -0.2) is 14.8 Å². The molecule has 0 saturated heterocycles. The minimum absolute atomic E-state index is 0.181. The number of aromatic nitrogens is 3. The van der Waals surface area contributed by atoms with Crippen LogP contribution < -0.4 is 15.4 Å². The van der Waals surface area contributed by atoms with E-state index < -0.39 is 6.09 Å². The quantitative estimate of drug-likeness (QED) is 0.675. The molecule has 24 heavy (non-hydrogen) atoms. The molecule has 0 fully saturated rings. The number of rotatable bonds is 4. The Bertz CT molecular complexity index is 856. The number of carbonyl (C=O) groups is 1. The summed E-state index contributed by atoms with van der Waals surface area (Å²) in [6.45, 7) is 1.82. The lowest BCUT2D eigenvalue weighted by atomic mass is 10.4. The minimum atomic E-state index is -0.704. The van der Waals surface area contributed by atoms with Crippen LogP contribution in [0.5, 0.6) is 5.88 Å². The molecule has 7 nitrogen and oxygen atoms in total. The summed E-state index contributed by atoms with van der Waals surface area (Å²) < 4.78 is 5.27. The zero-order valence-corrected chi connectivity index (χ0v) is 14.1. The predicted octanol–water partition coefficient (Wildman–Crippen LogP) is 4.25. The van der Waals surface area contributed by atoms with Gasteiger partial charge in [-0.3, -0.25) is 10.3 Å². The molecule has 0 spiro atoms. The average Bonchev–Trinajstić information content (AvgIpc) is 2.87. The molecule has 0 atom stereocenters. The number of nitrogens with zero attached hydrogens (tertiary/aromatic N) is 3. The number of halogens is 1. The first-order valence-corrected chi connectivity index (χ1v) is 8.05. The highest BCUT2D eigenvalue weighted by molar-refractivity contribution is 7.16. The van der Waals surface area contributed by atoms with Gasteiger partial charge in [0.05, 0.1) is 16.9 Å². The Morgan fingerprint density at radius 3 is 2.88 bits per heavy atom. The first kappa shape index (κ1) is 16.2. The van der Waals surface area contributed by atoms with E-state index in [0.717, 1.165) is 10.7 Å². The lowest BCUT2D eigenvalue weighted by Crippen LogP contribution is -2.18. The Hall–Kier alpha value is -2.71. The predicted molar refractivity (Wildman–Crippen MR) is 93.3 cm³/mol. The summed E-state index contributed by atoms with van der Waals surface area (Å²) in [7, 11) is 0. The summed E-state index contributed by atoms with van der Waals surface area (Å²) in [5.74, 6) is 0.474. The van der Waals surface area contributed by atoms with E-state index in [1.54, 1.807) is 36.7 Å². The van der Waals surface area contributed by atoms with Gasteiger partial charge in [0.2, 0.25) is 0 Å². The topological polar surface area (TPSA) is 89.0 Å². The molecule has 0 aliphatic rings. The summed E-state index contributed by atoms with van der Waals surface area (Å²) in [5.41, 5.74) is 0.767. The Labute approximate surface area is 146 Å². The highest BCUT2D eigenvalue weighted by atomic mass is 35.5. The largest absolute Gasteiger partial charge is 0.419 e. The van der Waals surface area contributed by atoms with Crippen molar-refractivity contribution in [3.05, 3.63) is 52.9 Å². The molecule has 3 aromatic rings. The van der Waals surface area contributed by atoms with Crippen molar-refractivity contribution >= 4 is 45.5 Å². The van der Waals surface area contributed by atoms with E-state index in [1.165, 1.54) is 11.3 Å². The number of aryl methyl sites for hydroxylation is 1. The summed E-state index contributed by atoms with van der Waals surface area (Å²) in [6.07, 6.45) is 2.63. The zero-order chi connectivity index (χ0) is 16.9. The van der Waals surface area contributed by atoms with Crippen molar-refractivity contribution < 1.29 is 9.53 Å². The summed E-state index contributed by atoms with van der Waals surface area (Å²) in [6, 6.07) is 8.54. The van der Waals surface area contributed by atoms with E-state index in [1.807, 2.05) is 13.0 Å². The third kappa shape index (κ3) is 4.18. The number of hydrogen-bond acceptors (Lipinski definition) is 7. The fourth-order valence-electron chi connectivity index (χ4n) is 1.82. The first-order chi connectivity index (χ1) is 11.6. The summed E-state index contributed by atoms with van der Waals surface area (Å²) >= 11 is 7.15.